The Hall–Kier alpha value is -3.56. The van der Waals surface area contributed by atoms with Crippen molar-refractivity contribution in [1.82, 2.24) is 0 Å². The Morgan fingerprint density at radius 1 is 0.966 bits per heavy atom. The second kappa shape index (κ2) is 7.46. The van der Waals surface area contributed by atoms with E-state index in [2.05, 4.69) is 10.4 Å². The lowest BCUT2D eigenvalue weighted by molar-refractivity contribution is -0.115. The molecule has 0 atom stereocenters. The number of carbonyl (C=O) groups excluding carboxylic acids is 2. The highest BCUT2D eigenvalue weighted by Gasteiger charge is 2.36. The minimum atomic E-state index is -2.33. The molecule has 150 valence electrons. The highest BCUT2D eigenvalue weighted by Crippen LogP contribution is 2.34. The van der Waals surface area contributed by atoms with Crippen LogP contribution < -0.4 is 10.3 Å². The normalized spacial score (nSPS) is 15.1. The van der Waals surface area contributed by atoms with Gasteiger partial charge in [0.05, 0.1) is 11.3 Å². The van der Waals surface area contributed by atoms with Gasteiger partial charge in [-0.2, -0.15) is 10.1 Å². The van der Waals surface area contributed by atoms with E-state index in [1.54, 1.807) is 24.3 Å². The second-order valence-corrected chi connectivity index (χ2v) is 6.08. The maximum Gasteiger partial charge on any atom is 0.280 e. The number of nitrogens with zero attached hydrogens (tertiary/aromatic N) is 2. The van der Waals surface area contributed by atoms with E-state index in [1.807, 2.05) is 0 Å². The van der Waals surface area contributed by atoms with Crippen LogP contribution in [-0.2, 0) is 9.59 Å². The molecular formula is C19H12F5N3O2. The molecule has 5 nitrogen and oxygen atoms in total. The third-order valence-corrected chi connectivity index (χ3v) is 4.00. The summed E-state index contributed by atoms with van der Waals surface area (Å²) in [5.74, 6) is -12.3. The Balaban J connectivity index is 1.98. The number of hydrogen-bond donors (Lipinski definition) is 1. The minimum Gasteiger partial charge on any atom is -0.326 e. The molecule has 0 fully saturated rings. The van der Waals surface area contributed by atoms with Gasteiger partial charge in [-0.1, -0.05) is 12.1 Å². The summed E-state index contributed by atoms with van der Waals surface area (Å²) < 4.78 is 68.2. The average Bonchev–Trinajstić information content (AvgIpc) is 2.94. The summed E-state index contributed by atoms with van der Waals surface area (Å²) in [5, 5.41) is 6.34. The lowest BCUT2D eigenvalue weighted by Gasteiger charge is -2.15. The summed E-state index contributed by atoms with van der Waals surface area (Å²) in [7, 11) is 0. The Labute approximate surface area is 161 Å². The van der Waals surface area contributed by atoms with Crippen LogP contribution in [0.15, 0.2) is 34.9 Å². The van der Waals surface area contributed by atoms with E-state index in [1.165, 1.54) is 19.9 Å². The van der Waals surface area contributed by atoms with Crippen LogP contribution in [0.1, 0.15) is 19.4 Å². The van der Waals surface area contributed by atoms with Gasteiger partial charge in [-0.05, 0) is 30.7 Å². The standard InChI is InChI=1S/C19H12F5N3O2/c1-8-12(7-10-3-5-11(6-4-10)25-9(2)28)19(29)27(26-8)18-16(23)14(21)13(20)15(22)17(18)24/h3-7H,1-2H3,(H,25,28)/b12-7+. The first-order valence-corrected chi connectivity index (χ1v) is 8.12. The fourth-order valence-electron chi connectivity index (χ4n) is 2.65. The van der Waals surface area contributed by atoms with E-state index in [0.717, 1.165) is 0 Å². The van der Waals surface area contributed by atoms with Gasteiger partial charge in [0.15, 0.2) is 23.3 Å². The number of rotatable bonds is 3. The van der Waals surface area contributed by atoms with Gasteiger partial charge in [0.25, 0.3) is 5.91 Å². The Kier molecular flexibility index (Phi) is 5.19. The van der Waals surface area contributed by atoms with Crippen LogP contribution in [0, 0.1) is 29.1 Å². The van der Waals surface area contributed by atoms with Crippen molar-refractivity contribution in [2.45, 2.75) is 13.8 Å². The van der Waals surface area contributed by atoms with E-state index < -0.39 is 40.7 Å². The highest BCUT2D eigenvalue weighted by atomic mass is 19.2. The van der Waals surface area contributed by atoms with Crippen LogP contribution in [0.25, 0.3) is 6.08 Å². The molecule has 2 amide bonds. The molecule has 0 bridgehead atoms. The molecule has 0 aliphatic carbocycles. The Morgan fingerprint density at radius 2 is 1.48 bits per heavy atom. The molecule has 0 aromatic heterocycles. The molecule has 3 rings (SSSR count). The van der Waals surface area contributed by atoms with E-state index in [4.69, 9.17) is 0 Å². The van der Waals surface area contributed by atoms with Gasteiger partial charge < -0.3 is 5.32 Å². The largest absolute Gasteiger partial charge is 0.326 e. The molecule has 29 heavy (non-hydrogen) atoms. The smallest absolute Gasteiger partial charge is 0.280 e. The summed E-state index contributed by atoms with van der Waals surface area (Å²) in [6.07, 6.45) is 1.34. The van der Waals surface area contributed by atoms with Gasteiger partial charge in [-0.25, -0.2) is 22.0 Å². The van der Waals surface area contributed by atoms with E-state index >= 15 is 0 Å². The maximum absolute atomic E-state index is 14.0. The van der Waals surface area contributed by atoms with Crippen LogP contribution in [-0.4, -0.2) is 17.5 Å². The number of benzene rings is 2. The molecule has 1 N–H and O–H groups in total. The van der Waals surface area contributed by atoms with Gasteiger partial charge in [0.2, 0.25) is 11.7 Å². The van der Waals surface area contributed by atoms with Crippen LogP contribution in [0.2, 0.25) is 0 Å². The molecule has 0 spiro atoms. The molecule has 2 aromatic rings. The van der Waals surface area contributed by atoms with Crippen molar-refractivity contribution in [2.24, 2.45) is 5.10 Å². The molecule has 0 saturated heterocycles. The topological polar surface area (TPSA) is 61.8 Å². The number of amides is 2. The predicted molar refractivity (Wildman–Crippen MR) is 95.5 cm³/mol. The van der Waals surface area contributed by atoms with E-state index in [-0.39, 0.29) is 22.2 Å². The molecule has 0 radical (unpaired) electrons. The van der Waals surface area contributed by atoms with Crippen molar-refractivity contribution in [3.8, 4) is 0 Å². The number of anilines is 2. The summed E-state index contributed by atoms with van der Waals surface area (Å²) in [6, 6.07) is 6.23. The van der Waals surface area contributed by atoms with Crippen molar-refractivity contribution < 1.29 is 31.5 Å². The summed E-state index contributed by atoms with van der Waals surface area (Å²) in [5.41, 5.74) is -0.539. The quantitative estimate of drug-likeness (QED) is 0.358. The fourth-order valence-corrected chi connectivity index (χ4v) is 2.65. The summed E-state index contributed by atoms with van der Waals surface area (Å²) in [4.78, 5) is 23.6. The van der Waals surface area contributed by atoms with Crippen LogP contribution in [0.3, 0.4) is 0 Å². The zero-order chi connectivity index (χ0) is 21.5. The lowest BCUT2D eigenvalue weighted by atomic mass is 10.1. The van der Waals surface area contributed by atoms with E-state index in [0.29, 0.717) is 11.3 Å². The van der Waals surface area contributed by atoms with Crippen LogP contribution in [0.4, 0.5) is 33.3 Å². The molecule has 1 heterocycles. The Bertz CT molecular complexity index is 1070. The SMILES string of the molecule is CC(=O)Nc1ccc(/C=C2/C(=O)N(c3c(F)c(F)c(F)c(F)c3F)N=C2C)cc1. The molecular weight excluding hydrogens is 397 g/mol. The molecule has 0 saturated carbocycles. The fraction of sp³-hybridized carbons (Fsp3) is 0.105. The van der Waals surface area contributed by atoms with Gasteiger partial charge in [-0.15, -0.1) is 0 Å². The number of nitrogens with one attached hydrogen (secondary N) is 1. The lowest BCUT2D eigenvalue weighted by Crippen LogP contribution is -2.25. The number of carbonyl (C=O) groups is 2. The monoisotopic (exact) mass is 409 g/mol. The molecule has 1 aliphatic heterocycles. The van der Waals surface area contributed by atoms with Gasteiger partial charge in [-0.3, -0.25) is 9.59 Å². The van der Waals surface area contributed by atoms with Gasteiger partial charge in [0.1, 0.15) is 5.69 Å². The molecule has 10 heteroatoms. The predicted octanol–water partition coefficient (Wildman–Crippen LogP) is 4.15. The van der Waals surface area contributed by atoms with Gasteiger partial charge >= 0.3 is 0 Å². The first-order valence-electron chi connectivity index (χ1n) is 8.12. The van der Waals surface area contributed by atoms with Crippen molar-refractivity contribution >= 4 is 35.0 Å². The number of hydrazone groups is 1. The van der Waals surface area contributed by atoms with Crippen LogP contribution >= 0.6 is 0 Å². The highest BCUT2D eigenvalue weighted by molar-refractivity contribution is 6.32. The maximum atomic E-state index is 14.0. The second-order valence-electron chi connectivity index (χ2n) is 6.08. The summed E-state index contributed by atoms with van der Waals surface area (Å²) in [6.45, 7) is 2.68. The third kappa shape index (κ3) is 3.60. The minimum absolute atomic E-state index is 0.0184. The van der Waals surface area contributed by atoms with Crippen molar-refractivity contribution in [2.75, 3.05) is 10.3 Å². The third-order valence-electron chi connectivity index (χ3n) is 4.00. The zero-order valence-electron chi connectivity index (χ0n) is 15.0. The number of hydrogen-bond acceptors (Lipinski definition) is 3. The Morgan fingerprint density at radius 3 is 2.00 bits per heavy atom. The van der Waals surface area contributed by atoms with E-state index in [9.17, 15) is 31.5 Å². The van der Waals surface area contributed by atoms with Crippen molar-refractivity contribution in [3.63, 3.8) is 0 Å². The van der Waals surface area contributed by atoms with Crippen molar-refractivity contribution in [1.29, 1.82) is 0 Å². The average molecular weight is 409 g/mol. The van der Waals surface area contributed by atoms with Crippen LogP contribution in [0.5, 0.6) is 0 Å². The molecule has 1 aliphatic rings. The first kappa shape index (κ1) is 20.2. The number of halogens is 5. The molecule has 0 unspecified atom stereocenters. The molecule has 2 aromatic carbocycles. The van der Waals surface area contributed by atoms with Crippen molar-refractivity contribution in [3.05, 3.63) is 64.5 Å². The zero-order valence-corrected chi connectivity index (χ0v) is 15.0. The first-order chi connectivity index (χ1) is 13.6. The summed E-state index contributed by atoms with van der Waals surface area (Å²) >= 11 is 0. The van der Waals surface area contributed by atoms with Gasteiger partial charge in [0, 0.05) is 12.6 Å².